The van der Waals surface area contributed by atoms with Gasteiger partial charge < -0.3 is 9.84 Å². The molecule has 0 bridgehead atoms. The van der Waals surface area contributed by atoms with Gasteiger partial charge in [-0.15, -0.1) is 11.3 Å². The van der Waals surface area contributed by atoms with E-state index in [4.69, 9.17) is 4.52 Å². The van der Waals surface area contributed by atoms with E-state index >= 15 is 0 Å². The standard InChI is InChI=1S/C16H23N3O2S/c1-6-13(16-17-10(4)11(5)22-16)18-15(20)14-8-12(19-21-14)7-9(2)3/h8-9,13H,6-7H2,1-5H3,(H,18,20)/t13-/m1/s1. The average Bonchev–Trinajstić information content (AvgIpc) is 3.03. The lowest BCUT2D eigenvalue weighted by molar-refractivity contribution is 0.0898. The number of nitrogens with one attached hydrogen (secondary N) is 1. The molecule has 2 aromatic rings. The molecule has 0 saturated heterocycles. The molecule has 0 saturated carbocycles. The number of carbonyl (C=O) groups is 1. The Morgan fingerprint density at radius 3 is 2.68 bits per heavy atom. The van der Waals surface area contributed by atoms with Crippen molar-refractivity contribution in [2.45, 2.75) is 53.5 Å². The van der Waals surface area contributed by atoms with Gasteiger partial charge in [0, 0.05) is 10.9 Å². The number of rotatable bonds is 6. The van der Waals surface area contributed by atoms with E-state index in [1.54, 1.807) is 17.4 Å². The molecule has 0 fully saturated rings. The molecule has 0 aliphatic rings. The fraction of sp³-hybridized carbons (Fsp3) is 0.562. The van der Waals surface area contributed by atoms with Crippen LogP contribution in [-0.2, 0) is 6.42 Å². The number of hydrogen-bond donors (Lipinski definition) is 1. The Morgan fingerprint density at radius 1 is 1.41 bits per heavy atom. The Hall–Kier alpha value is -1.69. The van der Waals surface area contributed by atoms with Crippen LogP contribution in [0.25, 0.3) is 0 Å². The highest BCUT2D eigenvalue weighted by molar-refractivity contribution is 7.11. The zero-order chi connectivity index (χ0) is 16.3. The minimum atomic E-state index is -0.236. The van der Waals surface area contributed by atoms with E-state index in [2.05, 4.69) is 29.3 Å². The molecule has 2 aromatic heterocycles. The molecule has 0 aliphatic heterocycles. The van der Waals surface area contributed by atoms with Crippen molar-refractivity contribution in [3.05, 3.63) is 33.1 Å². The van der Waals surface area contributed by atoms with Gasteiger partial charge in [-0.1, -0.05) is 25.9 Å². The number of carbonyl (C=O) groups excluding carboxylic acids is 1. The summed E-state index contributed by atoms with van der Waals surface area (Å²) in [4.78, 5) is 18.0. The number of thiazole rings is 1. The van der Waals surface area contributed by atoms with Crippen molar-refractivity contribution < 1.29 is 9.32 Å². The van der Waals surface area contributed by atoms with E-state index in [0.29, 0.717) is 5.92 Å². The lowest BCUT2D eigenvalue weighted by Crippen LogP contribution is -2.27. The zero-order valence-corrected chi connectivity index (χ0v) is 14.6. The fourth-order valence-corrected chi connectivity index (χ4v) is 3.21. The van der Waals surface area contributed by atoms with E-state index in [-0.39, 0.29) is 17.7 Å². The Labute approximate surface area is 135 Å². The van der Waals surface area contributed by atoms with Crippen LogP contribution in [0.2, 0.25) is 0 Å². The minimum Gasteiger partial charge on any atom is -0.351 e. The highest BCUT2D eigenvalue weighted by Gasteiger charge is 2.21. The Kier molecular flexibility index (Phi) is 5.34. The molecule has 2 heterocycles. The van der Waals surface area contributed by atoms with E-state index < -0.39 is 0 Å². The number of amides is 1. The maximum Gasteiger partial charge on any atom is 0.290 e. The molecule has 1 N–H and O–H groups in total. The van der Waals surface area contributed by atoms with Crippen molar-refractivity contribution in [3.8, 4) is 0 Å². The quantitative estimate of drug-likeness (QED) is 0.878. The molecule has 5 nitrogen and oxygen atoms in total. The van der Waals surface area contributed by atoms with Crippen LogP contribution >= 0.6 is 11.3 Å². The summed E-state index contributed by atoms with van der Waals surface area (Å²) in [6.07, 6.45) is 1.59. The lowest BCUT2D eigenvalue weighted by atomic mass is 10.1. The van der Waals surface area contributed by atoms with Crippen molar-refractivity contribution in [3.63, 3.8) is 0 Å². The predicted molar refractivity (Wildman–Crippen MR) is 87.1 cm³/mol. The third-order valence-corrected chi connectivity index (χ3v) is 4.64. The van der Waals surface area contributed by atoms with Crippen LogP contribution in [-0.4, -0.2) is 16.0 Å². The van der Waals surface area contributed by atoms with Gasteiger partial charge >= 0.3 is 0 Å². The molecule has 120 valence electrons. The summed E-state index contributed by atoms with van der Waals surface area (Å²) >= 11 is 1.63. The summed E-state index contributed by atoms with van der Waals surface area (Å²) < 4.78 is 5.16. The van der Waals surface area contributed by atoms with Gasteiger partial charge in [-0.2, -0.15) is 0 Å². The van der Waals surface area contributed by atoms with Crippen molar-refractivity contribution in [1.82, 2.24) is 15.5 Å². The molecule has 0 unspecified atom stereocenters. The Bertz CT molecular complexity index is 626. The van der Waals surface area contributed by atoms with Gasteiger partial charge in [0.1, 0.15) is 5.01 Å². The molecule has 0 spiro atoms. The second-order valence-corrected chi connectivity index (χ2v) is 7.14. The van der Waals surface area contributed by atoms with Crippen molar-refractivity contribution in [1.29, 1.82) is 0 Å². The summed E-state index contributed by atoms with van der Waals surface area (Å²) in [7, 11) is 0. The summed E-state index contributed by atoms with van der Waals surface area (Å²) in [5, 5.41) is 7.87. The smallest absolute Gasteiger partial charge is 0.290 e. The summed E-state index contributed by atoms with van der Waals surface area (Å²) in [5.41, 5.74) is 1.83. The van der Waals surface area contributed by atoms with Crippen LogP contribution in [0.4, 0.5) is 0 Å². The maximum absolute atomic E-state index is 12.3. The van der Waals surface area contributed by atoms with Gasteiger partial charge in [-0.3, -0.25) is 4.79 Å². The average molecular weight is 321 g/mol. The fourth-order valence-electron chi connectivity index (χ4n) is 2.15. The number of nitrogens with zero attached hydrogens (tertiary/aromatic N) is 2. The van der Waals surface area contributed by atoms with E-state index in [1.807, 2.05) is 20.8 Å². The van der Waals surface area contributed by atoms with Gasteiger partial charge in [-0.25, -0.2) is 4.98 Å². The molecule has 0 aromatic carbocycles. The Morgan fingerprint density at radius 2 is 2.14 bits per heavy atom. The topological polar surface area (TPSA) is 68.0 Å². The monoisotopic (exact) mass is 321 g/mol. The zero-order valence-electron chi connectivity index (χ0n) is 13.8. The second-order valence-electron chi connectivity index (χ2n) is 5.91. The first-order chi connectivity index (χ1) is 10.4. The third kappa shape index (κ3) is 3.94. The minimum absolute atomic E-state index is 0.0939. The normalized spacial score (nSPS) is 12.6. The summed E-state index contributed by atoms with van der Waals surface area (Å²) in [6.45, 7) is 10.3. The largest absolute Gasteiger partial charge is 0.351 e. The molecular formula is C16H23N3O2S. The maximum atomic E-state index is 12.3. The highest BCUT2D eigenvalue weighted by Crippen LogP contribution is 2.25. The van der Waals surface area contributed by atoms with Crippen LogP contribution in [0.3, 0.4) is 0 Å². The van der Waals surface area contributed by atoms with Crippen LogP contribution in [0.15, 0.2) is 10.6 Å². The van der Waals surface area contributed by atoms with Crippen LogP contribution in [0.1, 0.15) is 65.1 Å². The third-order valence-electron chi connectivity index (χ3n) is 3.46. The van der Waals surface area contributed by atoms with Gasteiger partial charge in [0.2, 0.25) is 5.76 Å². The molecular weight excluding hydrogens is 298 g/mol. The first-order valence-corrected chi connectivity index (χ1v) is 8.42. The van der Waals surface area contributed by atoms with Crippen molar-refractivity contribution >= 4 is 17.2 Å². The van der Waals surface area contributed by atoms with E-state index in [0.717, 1.165) is 29.2 Å². The van der Waals surface area contributed by atoms with Crippen LogP contribution < -0.4 is 5.32 Å². The highest BCUT2D eigenvalue weighted by atomic mass is 32.1. The summed E-state index contributed by atoms with van der Waals surface area (Å²) in [5.74, 6) is 0.504. The van der Waals surface area contributed by atoms with Crippen molar-refractivity contribution in [2.24, 2.45) is 5.92 Å². The van der Waals surface area contributed by atoms with Crippen LogP contribution in [0, 0.1) is 19.8 Å². The molecule has 1 amide bonds. The number of hydrogen-bond acceptors (Lipinski definition) is 5. The van der Waals surface area contributed by atoms with Gasteiger partial charge in [-0.05, 0) is 32.6 Å². The SMILES string of the molecule is CC[C@@H](NC(=O)c1cc(CC(C)C)no1)c1nc(C)c(C)s1. The van der Waals surface area contributed by atoms with E-state index in [1.165, 1.54) is 4.88 Å². The Balaban J connectivity index is 2.07. The molecule has 6 heteroatoms. The van der Waals surface area contributed by atoms with Gasteiger partial charge in [0.05, 0.1) is 17.4 Å². The van der Waals surface area contributed by atoms with E-state index in [9.17, 15) is 4.79 Å². The van der Waals surface area contributed by atoms with Crippen LogP contribution in [0.5, 0.6) is 0 Å². The summed E-state index contributed by atoms with van der Waals surface area (Å²) in [6, 6.07) is 1.63. The predicted octanol–water partition coefficient (Wildman–Crippen LogP) is 3.83. The number of aromatic nitrogens is 2. The van der Waals surface area contributed by atoms with Crippen molar-refractivity contribution in [2.75, 3.05) is 0 Å². The molecule has 1 atom stereocenters. The molecule has 22 heavy (non-hydrogen) atoms. The molecule has 0 aliphatic carbocycles. The van der Waals surface area contributed by atoms with Gasteiger partial charge in [0.25, 0.3) is 5.91 Å². The lowest BCUT2D eigenvalue weighted by Gasteiger charge is -2.12. The van der Waals surface area contributed by atoms with Gasteiger partial charge in [0.15, 0.2) is 0 Å². The second kappa shape index (κ2) is 7.05. The first-order valence-electron chi connectivity index (χ1n) is 7.61. The number of aryl methyl sites for hydroxylation is 2. The first kappa shape index (κ1) is 16.7. The molecule has 2 rings (SSSR count). The molecule has 0 radical (unpaired) electrons.